The van der Waals surface area contributed by atoms with Crippen LogP contribution in [0.25, 0.3) is 0 Å². The number of nitrogens with zero attached hydrogens (tertiary/aromatic N) is 1. The number of hydrogen-bond acceptors (Lipinski definition) is 3. The Morgan fingerprint density at radius 1 is 1.27 bits per heavy atom. The molecule has 1 fully saturated rings. The fourth-order valence-corrected chi connectivity index (χ4v) is 3.49. The zero-order chi connectivity index (χ0) is 18.9. The Labute approximate surface area is 148 Å². The van der Waals surface area contributed by atoms with Crippen LogP contribution in [0.3, 0.4) is 0 Å². The van der Waals surface area contributed by atoms with Crippen molar-refractivity contribution in [3.8, 4) is 0 Å². The summed E-state index contributed by atoms with van der Waals surface area (Å²) < 4.78 is 43.6. The molecule has 3 aliphatic rings. The Morgan fingerprint density at radius 3 is 2.65 bits per heavy atom. The zero-order valence-electron chi connectivity index (χ0n) is 14.1. The van der Waals surface area contributed by atoms with Gasteiger partial charge in [-0.05, 0) is 38.0 Å². The lowest BCUT2D eigenvalue weighted by Crippen LogP contribution is -2.60. The molecule has 4 rings (SSSR count). The summed E-state index contributed by atoms with van der Waals surface area (Å²) in [5, 5.41) is 2.48. The van der Waals surface area contributed by atoms with E-state index in [1.54, 1.807) is 6.92 Å². The molecule has 0 radical (unpaired) electrons. The van der Waals surface area contributed by atoms with Gasteiger partial charge in [0, 0.05) is 11.6 Å². The van der Waals surface area contributed by atoms with E-state index in [0.29, 0.717) is 6.42 Å². The summed E-state index contributed by atoms with van der Waals surface area (Å²) in [6, 6.07) is 2.76. The summed E-state index contributed by atoms with van der Waals surface area (Å²) in [7, 11) is 0. The van der Waals surface area contributed by atoms with Crippen molar-refractivity contribution in [2.75, 3.05) is 11.9 Å². The molecule has 26 heavy (non-hydrogen) atoms. The molecule has 0 aromatic heterocycles. The van der Waals surface area contributed by atoms with Crippen LogP contribution >= 0.6 is 0 Å². The van der Waals surface area contributed by atoms with E-state index in [1.807, 2.05) is 12.2 Å². The number of ether oxygens (including phenoxy) is 1. The van der Waals surface area contributed by atoms with Crippen LogP contribution in [-0.2, 0) is 15.7 Å². The smallest absolute Gasteiger partial charge is 0.416 e. The topological polar surface area (TPSA) is 58.6 Å². The first kappa shape index (κ1) is 18.3. The summed E-state index contributed by atoms with van der Waals surface area (Å²) >= 11 is 0. The Kier molecular flexibility index (Phi) is 4.93. The van der Waals surface area contributed by atoms with Crippen LogP contribution in [0.15, 0.2) is 36.4 Å². The maximum absolute atomic E-state index is 12.8. The number of benzene rings is 1. The predicted molar refractivity (Wildman–Crippen MR) is 88.4 cm³/mol. The molecule has 0 spiro atoms. The van der Waals surface area contributed by atoms with E-state index in [9.17, 15) is 22.8 Å². The van der Waals surface area contributed by atoms with Gasteiger partial charge in [-0.2, -0.15) is 13.2 Å². The van der Waals surface area contributed by atoms with Crippen molar-refractivity contribution in [3.05, 3.63) is 42.0 Å². The number of hydrogen-bond donors (Lipinski definition) is 1. The third-order valence-corrected chi connectivity index (χ3v) is 4.64. The molecule has 2 aliphatic heterocycles. The zero-order valence-corrected chi connectivity index (χ0v) is 14.1. The highest BCUT2D eigenvalue weighted by Gasteiger charge is 2.46. The Bertz CT molecular complexity index is 733. The van der Waals surface area contributed by atoms with Gasteiger partial charge in [0.15, 0.2) is 0 Å². The number of carbonyl (C=O) groups excluding carboxylic acids is 2. The van der Waals surface area contributed by atoms with Crippen LogP contribution < -0.4 is 5.32 Å². The number of alkyl halides is 3. The van der Waals surface area contributed by atoms with Crippen molar-refractivity contribution >= 4 is 17.7 Å². The molecule has 2 amide bonds. The lowest BCUT2D eigenvalue weighted by atomic mass is 9.80. The second-order valence-corrected chi connectivity index (χ2v) is 6.31. The molecule has 5 nitrogen and oxygen atoms in total. The minimum Gasteiger partial charge on any atom is -0.464 e. The maximum Gasteiger partial charge on any atom is 0.416 e. The molecule has 1 aromatic carbocycles. The molecule has 1 aliphatic carbocycles. The molecule has 1 N–H and O–H groups in total. The second-order valence-electron chi connectivity index (χ2n) is 6.31. The third-order valence-electron chi connectivity index (χ3n) is 4.64. The first-order chi connectivity index (χ1) is 12.3. The highest BCUT2D eigenvalue weighted by atomic mass is 19.4. The number of rotatable bonds is 3. The summed E-state index contributed by atoms with van der Waals surface area (Å²) in [6.45, 7) is 1.88. The maximum atomic E-state index is 12.8. The molecule has 0 saturated carbocycles. The number of carbonyl (C=O) groups is 2. The number of halogens is 3. The van der Waals surface area contributed by atoms with Crippen LogP contribution in [0.2, 0.25) is 0 Å². The van der Waals surface area contributed by atoms with Crippen LogP contribution in [0.4, 0.5) is 23.7 Å². The summed E-state index contributed by atoms with van der Waals surface area (Å²) in [6.07, 6.45) is 0.728. The Morgan fingerprint density at radius 2 is 2.04 bits per heavy atom. The van der Waals surface area contributed by atoms with Crippen molar-refractivity contribution < 1.29 is 27.5 Å². The normalized spacial score (nSPS) is 24.5. The second kappa shape index (κ2) is 7.01. The van der Waals surface area contributed by atoms with Crippen LogP contribution in [0.5, 0.6) is 0 Å². The highest BCUT2D eigenvalue weighted by Crippen LogP contribution is 2.36. The molecule has 1 aromatic rings. The van der Waals surface area contributed by atoms with Crippen LogP contribution in [-0.4, -0.2) is 35.6 Å². The number of esters is 1. The number of piperidine rings is 1. The summed E-state index contributed by atoms with van der Waals surface area (Å²) in [4.78, 5) is 26.4. The number of urea groups is 1. The summed E-state index contributed by atoms with van der Waals surface area (Å²) in [5.74, 6) is -0.642. The third kappa shape index (κ3) is 3.54. The number of nitrogens with one attached hydrogen (secondary N) is 1. The van der Waals surface area contributed by atoms with Crippen molar-refractivity contribution in [3.63, 3.8) is 0 Å². The SMILES string of the molecule is CCOC(=O)C1C2C=CC(CC2)N1C(=O)Nc1cccc(C(F)(F)F)c1. The Hall–Kier alpha value is -2.51. The van der Waals surface area contributed by atoms with Gasteiger partial charge in [0.05, 0.1) is 18.2 Å². The van der Waals surface area contributed by atoms with Crippen molar-refractivity contribution in [2.45, 2.75) is 38.0 Å². The van der Waals surface area contributed by atoms with E-state index in [0.717, 1.165) is 18.6 Å². The molecule has 3 unspecified atom stereocenters. The standard InChI is InChI=1S/C18H19F3N2O3/c1-2-26-16(24)15-11-6-8-14(9-7-11)23(15)17(25)22-13-5-3-4-12(10-13)18(19,20)21/h3-6,8,10-11,14-15H,2,7,9H2,1H3,(H,22,25). The van der Waals surface area contributed by atoms with E-state index < -0.39 is 29.8 Å². The lowest BCUT2D eigenvalue weighted by Gasteiger charge is -2.46. The fraction of sp³-hybridized carbons (Fsp3) is 0.444. The average Bonchev–Trinajstić information content (AvgIpc) is 2.61. The van der Waals surface area contributed by atoms with E-state index in [-0.39, 0.29) is 24.3 Å². The molecule has 140 valence electrons. The van der Waals surface area contributed by atoms with Crippen LogP contribution in [0, 0.1) is 5.92 Å². The monoisotopic (exact) mass is 368 g/mol. The number of fused-ring (bicyclic) bond motifs is 2. The molecule has 3 atom stereocenters. The molecular weight excluding hydrogens is 349 g/mol. The predicted octanol–water partition coefficient (Wildman–Crippen LogP) is 3.82. The van der Waals surface area contributed by atoms with E-state index in [1.165, 1.54) is 17.0 Å². The van der Waals surface area contributed by atoms with Gasteiger partial charge in [-0.15, -0.1) is 0 Å². The van der Waals surface area contributed by atoms with Gasteiger partial charge in [0.2, 0.25) is 0 Å². The van der Waals surface area contributed by atoms with Crippen LogP contribution in [0.1, 0.15) is 25.3 Å². The minimum absolute atomic E-state index is 0.0258. The average molecular weight is 368 g/mol. The Balaban J connectivity index is 1.82. The van der Waals surface area contributed by atoms with Gasteiger partial charge in [-0.25, -0.2) is 9.59 Å². The minimum atomic E-state index is -4.50. The van der Waals surface area contributed by atoms with Gasteiger partial charge in [-0.3, -0.25) is 0 Å². The lowest BCUT2D eigenvalue weighted by molar-refractivity contribution is -0.152. The fourth-order valence-electron chi connectivity index (χ4n) is 3.49. The molecule has 1 saturated heterocycles. The number of amides is 2. The van der Waals surface area contributed by atoms with Crippen molar-refractivity contribution in [2.24, 2.45) is 5.92 Å². The molecule has 2 bridgehead atoms. The van der Waals surface area contributed by atoms with E-state index in [4.69, 9.17) is 4.74 Å². The van der Waals surface area contributed by atoms with Crippen molar-refractivity contribution in [1.82, 2.24) is 4.90 Å². The van der Waals surface area contributed by atoms with Gasteiger partial charge in [0.1, 0.15) is 6.04 Å². The number of anilines is 1. The molecule has 2 heterocycles. The first-order valence-corrected chi connectivity index (χ1v) is 8.42. The van der Waals surface area contributed by atoms with Gasteiger partial charge < -0.3 is 15.0 Å². The molecule has 8 heteroatoms. The van der Waals surface area contributed by atoms with Crippen molar-refractivity contribution in [1.29, 1.82) is 0 Å². The highest BCUT2D eigenvalue weighted by molar-refractivity contribution is 5.93. The van der Waals surface area contributed by atoms with E-state index in [2.05, 4.69) is 5.32 Å². The quantitative estimate of drug-likeness (QED) is 0.652. The summed E-state index contributed by atoms with van der Waals surface area (Å²) in [5.41, 5.74) is -0.824. The molecular formula is C18H19F3N2O3. The van der Waals surface area contributed by atoms with E-state index >= 15 is 0 Å². The van der Waals surface area contributed by atoms with Gasteiger partial charge in [-0.1, -0.05) is 18.2 Å². The first-order valence-electron chi connectivity index (χ1n) is 8.42. The van der Waals surface area contributed by atoms with Gasteiger partial charge in [0.25, 0.3) is 0 Å². The largest absolute Gasteiger partial charge is 0.464 e. The van der Waals surface area contributed by atoms with Gasteiger partial charge >= 0.3 is 18.2 Å².